The Morgan fingerprint density at radius 2 is 2.33 bits per heavy atom. The molecule has 0 spiro atoms. The van der Waals surface area contributed by atoms with E-state index in [1.54, 1.807) is 13.0 Å². The molecule has 1 aromatic heterocycles. The van der Waals surface area contributed by atoms with E-state index in [2.05, 4.69) is 15.3 Å². The molecule has 0 fully saturated rings. The van der Waals surface area contributed by atoms with Gasteiger partial charge in [-0.25, -0.2) is 4.39 Å². The Balaban J connectivity index is 2.30. The van der Waals surface area contributed by atoms with Crippen molar-refractivity contribution in [2.24, 2.45) is 5.10 Å². The third-order valence-electron chi connectivity index (χ3n) is 2.31. The summed E-state index contributed by atoms with van der Waals surface area (Å²) in [5, 5.41) is 10.6. The van der Waals surface area contributed by atoms with Gasteiger partial charge in [-0.1, -0.05) is 0 Å². The van der Waals surface area contributed by atoms with Gasteiger partial charge in [0.2, 0.25) is 4.77 Å². The van der Waals surface area contributed by atoms with Gasteiger partial charge >= 0.3 is 0 Å². The Labute approximate surface area is 108 Å². The second-order valence-electron chi connectivity index (χ2n) is 3.53. The van der Waals surface area contributed by atoms with Gasteiger partial charge in [0.15, 0.2) is 11.6 Å². The van der Waals surface area contributed by atoms with Crippen LogP contribution >= 0.6 is 12.2 Å². The number of H-pyrrole nitrogens is 1. The lowest BCUT2D eigenvalue weighted by atomic mass is 10.2. The predicted molar refractivity (Wildman–Crippen MR) is 68.1 cm³/mol. The number of benzene rings is 1. The van der Waals surface area contributed by atoms with Gasteiger partial charge in [-0.2, -0.15) is 14.9 Å². The number of hydrogen-bond acceptors (Lipinski definition) is 4. The SMILES string of the molecule is COc1ccc(/C=N\n2c(C)n[nH]c2=S)cc1F. The van der Waals surface area contributed by atoms with Crippen LogP contribution in [0.2, 0.25) is 0 Å². The largest absolute Gasteiger partial charge is 0.494 e. The molecule has 0 amide bonds. The molecule has 0 radical (unpaired) electrons. The van der Waals surface area contributed by atoms with Crippen molar-refractivity contribution in [2.45, 2.75) is 6.92 Å². The van der Waals surface area contributed by atoms with E-state index in [0.29, 0.717) is 16.2 Å². The van der Waals surface area contributed by atoms with Crippen LogP contribution in [0.3, 0.4) is 0 Å². The monoisotopic (exact) mass is 266 g/mol. The molecule has 1 heterocycles. The first-order chi connectivity index (χ1) is 8.61. The van der Waals surface area contributed by atoms with E-state index >= 15 is 0 Å². The highest BCUT2D eigenvalue weighted by atomic mass is 32.1. The summed E-state index contributed by atoms with van der Waals surface area (Å²) in [7, 11) is 1.42. The zero-order chi connectivity index (χ0) is 13.1. The Hall–Kier alpha value is -2.02. The van der Waals surface area contributed by atoms with Crippen LogP contribution in [0.1, 0.15) is 11.4 Å². The molecule has 0 unspecified atom stereocenters. The van der Waals surface area contributed by atoms with Crippen LogP contribution in [0, 0.1) is 17.5 Å². The Morgan fingerprint density at radius 3 is 2.89 bits per heavy atom. The summed E-state index contributed by atoms with van der Waals surface area (Å²) >= 11 is 4.99. The molecular formula is C11H11FN4OS. The van der Waals surface area contributed by atoms with Crippen molar-refractivity contribution >= 4 is 18.4 Å². The van der Waals surface area contributed by atoms with Crippen LogP contribution in [-0.4, -0.2) is 28.2 Å². The molecule has 94 valence electrons. The molecule has 0 aliphatic carbocycles. The van der Waals surface area contributed by atoms with E-state index in [9.17, 15) is 4.39 Å². The van der Waals surface area contributed by atoms with E-state index in [1.807, 2.05) is 0 Å². The molecule has 2 rings (SSSR count). The second-order valence-corrected chi connectivity index (χ2v) is 3.91. The zero-order valence-corrected chi connectivity index (χ0v) is 10.7. The van der Waals surface area contributed by atoms with Crippen molar-refractivity contribution < 1.29 is 9.13 Å². The maximum Gasteiger partial charge on any atom is 0.216 e. The maximum atomic E-state index is 13.4. The molecule has 18 heavy (non-hydrogen) atoms. The number of aromatic nitrogens is 3. The summed E-state index contributed by atoms with van der Waals surface area (Å²) in [6, 6.07) is 4.57. The molecular weight excluding hydrogens is 255 g/mol. The number of halogens is 1. The van der Waals surface area contributed by atoms with Gasteiger partial charge in [0.25, 0.3) is 0 Å². The van der Waals surface area contributed by atoms with Crippen molar-refractivity contribution in [3.05, 3.63) is 40.2 Å². The van der Waals surface area contributed by atoms with E-state index in [4.69, 9.17) is 17.0 Å². The quantitative estimate of drug-likeness (QED) is 0.685. The number of hydrogen-bond donors (Lipinski definition) is 1. The highest BCUT2D eigenvalue weighted by Crippen LogP contribution is 2.16. The van der Waals surface area contributed by atoms with Gasteiger partial charge in [-0.05, 0) is 42.9 Å². The van der Waals surface area contributed by atoms with Crippen molar-refractivity contribution in [3.63, 3.8) is 0 Å². The molecule has 2 aromatic rings. The Morgan fingerprint density at radius 1 is 1.56 bits per heavy atom. The fourth-order valence-corrected chi connectivity index (χ4v) is 1.62. The average Bonchev–Trinajstić information content (AvgIpc) is 2.67. The number of rotatable bonds is 3. The molecule has 0 saturated heterocycles. The topological polar surface area (TPSA) is 55.2 Å². The van der Waals surface area contributed by atoms with Gasteiger partial charge < -0.3 is 4.74 Å². The third-order valence-corrected chi connectivity index (χ3v) is 2.57. The molecule has 1 aromatic carbocycles. The van der Waals surface area contributed by atoms with E-state index in [1.165, 1.54) is 30.1 Å². The van der Waals surface area contributed by atoms with Crippen LogP contribution in [0.5, 0.6) is 5.75 Å². The van der Waals surface area contributed by atoms with Crippen LogP contribution in [0.4, 0.5) is 4.39 Å². The van der Waals surface area contributed by atoms with Crippen LogP contribution in [0.15, 0.2) is 23.3 Å². The Bertz CT molecular complexity index is 647. The van der Waals surface area contributed by atoms with Crippen molar-refractivity contribution in [1.29, 1.82) is 0 Å². The normalized spacial score (nSPS) is 11.1. The van der Waals surface area contributed by atoms with Crippen LogP contribution in [0.25, 0.3) is 0 Å². The van der Waals surface area contributed by atoms with Gasteiger partial charge in [-0.15, -0.1) is 0 Å². The second kappa shape index (κ2) is 5.09. The number of methoxy groups -OCH3 is 1. The molecule has 0 bridgehead atoms. The molecule has 0 aliphatic heterocycles. The minimum Gasteiger partial charge on any atom is -0.494 e. The van der Waals surface area contributed by atoms with Gasteiger partial charge in [0.05, 0.1) is 13.3 Å². The van der Waals surface area contributed by atoms with E-state index in [-0.39, 0.29) is 5.75 Å². The van der Waals surface area contributed by atoms with E-state index < -0.39 is 5.82 Å². The zero-order valence-electron chi connectivity index (χ0n) is 9.85. The number of ether oxygens (including phenoxy) is 1. The summed E-state index contributed by atoms with van der Waals surface area (Å²) in [6.45, 7) is 1.76. The van der Waals surface area contributed by atoms with Crippen molar-refractivity contribution in [1.82, 2.24) is 14.9 Å². The summed E-state index contributed by atoms with van der Waals surface area (Å²) in [5.41, 5.74) is 0.607. The molecule has 1 N–H and O–H groups in total. The summed E-state index contributed by atoms with van der Waals surface area (Å²) in [5.74, 6) is 0.391. The lowest BCUT2D eigenvalue weighted by Gasteiger charge is -2.01. The first kappa shape index (κ1) is 12.4. The van der Waals surface area contributed by atoms with Gasteiger partial charge in [0, 0.05) is 0 Å². The minimum absolute atomic E-state index is 0.197. The first-order valence-corrected chi connectivity index (χ1v) is 5.54. The van der Waals surface area contributed by atoms with Crippen molar-refractivity contribution in [2.75, 3.05) is 7.11 Å². The average molecular weight is 266 g/mol. The van der Waals surface area contributed by atoms with Crippen LogP contribution in [-0.2, 0) is 0 Å². The summed E-state index contributed by atoms with van der Waals surface area (Å²) in [4.78, 5) is 0. The third kappa shape index (κ3) is 2.45. The molecule has 0 atom stereocenters. The number of aryl methyl sites for hydroxylation is 1. The van der Waals surface area contributed by atoms with Gasteiger partial charge in [-0.3, -0.25) is 5.10 Å². The van der Waals surface area contributed by atoms with Crippen molar-refractivity contribution in [3.8, 4) is 5.75 Å². The fraction of sp³-hybridized carbons (Fsp3) is 0.182. The number of aromatic amines is 1. The lowest BCUT2D eigenvalue weighted by Crippen LogP contribution is -1.95. The molecule has 0 aliphatic rings. The highest BCUT2D eigenvalue weighted by molar-refractivity contribution is 7.71. The van der Waals surface area contributed by atoms with Gasteiger partial charge in [0.1, 0.15) is 5.82 Å². The molecule has 0 saturated carbocycles. The minimum atomic E-state index is -0.436. The van der Waals surface area contributed by atoms with E-state index in [0.717, 1.165) is 0 Å². The lowest BCUT2D eigenvalue weighted by molar-refractivity contribution is 0.386. The Kier molecular flexibility index (Phi) is 3.52. The predicted octanol–water partition coefficient (Wildman–Crippen LogP) is 2.28. The first-order valence-electron chi connectivity index (χ1n) is 5.13. The van der Waals surface area contributed by atoms with Crippen LogP contribution < -0.4 is 4.74 Å². The number of nitrogens with zero attached hydrogens (tertiary/aromatic N) is 3. The fourth-order valence-electron chi connectivity index (χ4n) is 1.39. The number of nitrogens with one attached hydrogen (secondary N) is 1. The maximum absolute atomic E-state index is 13.4. The smallest absolute Gasteiger partial charge is 0.216 e. The summed E-state index contributed by atoms with van der Waals surface area (Å²) in [6.07, 6.45) is 1.50. The molecule has 7 heteroatoms. The standard InChI is InChI=1S/C11H11FN4OS/c1-7-14-15-11(18)16(7)13-6-8-3-4-10(17-2)9(12)5-8/h3-6H,1-2H3,(H,15,18)/b13-6-. The highest BCUT2D eigenvalue weighted by Gasteiger charge is 2.02. The molecule has 5 nitrogen and oxygen atoms in total. The summed E-state index contributed by atoms with van der Waals surface area (Å²) < 4.78 is 20.1.